The lowest BCUT2D eigenvalue weighted by atomic mass is 9.77. The highest BCUT2D eigenvalue weighted by atomic mass is 19.4. The normalized spacial score (nSPS) is 16.5. The average Bonchev–Trinajstić information content (AvgIpc) is 2.60. The van der Waals surface area contributed by atoms with Crippen LogP contribution in [0.15, 0.2) is 59.5 Å². The number of hydrogen-bond donors (Lipinski definition) is 0. The first-order valence-electron chi connectivity index (χ1n) is 9.21. The van der Waals surface area contributed by atoms with Crippen LogP contribution in [0, 0.1) is 0 Å². The molecule has 0 spiro atoms. The lowest BCUT2D eigenvalue weighted by Gasteiger charge is -2.39. The number of nitrogens with zero attached hydrogens (tertiary/aromatic N) is 1. The van der Waals surface area contributed by atoms with Gasteiger partial charge in [-0.25, -0.2) is 0 Å². The first kappa shape index (κ1) is 20.3. The zero-order chi connectivity index (χ0) is 19.5. The topological polar surface area (TPSA) is 3.24 Å². The van der Waals surface area contributed by atoms with Gasteiger partial charge >= 0.3 is 6.18 Å². The van der Waals surface area contributed by atoms with Crippen molar-refractivity contribution < 1.29 is 13.2 Å². The predicted molar refractivity (Wildman–Crippen MR) is 102 cm³/mol. The van der Waals surface area contributed by atoms with Crippen molar-refractivity contribution in [2.24, 2.45) is 0 Å². The summed E-state index contributed by atoms with van der Waals surface area (Å²) in [4.78, 5) is 2.30. The van der Waals surface area contributed by atoms with Gasteiger partial charge in [-0.05, 0) is 55.9 Å². The van der Waals surface area contributed by atoms with E-state index in [1.165, 1.54) is 23.3 Å². The fourth-order valence-electron chi connectivity index (χ4n) is 4.00. The van der Waals surface area contributed by atoms with Crippen molar-refractivity contribution in [2.75, 3.05) is 6.54 Å². The van der Waals surface area contributed by atoms with Crippen molar-refractivity contribution in [3.8, 4) is 0 Å². The molecule has 0 aromatic heterocycles. The van der Waals surface area contributed by atoms with Gasteiger partial charge in [0, 0.05) is 23.9 Å². The van der Waals surface area contributed by atoms with Crippen LogP contribution in [0.5, 0.6) is 0 Å². The second kappa shape index (κ2) is 8.15. The molecular weight excluding hydrogens is 335 g/mol. The van der Waals surface area contributed by atoms with E-state index in [4.69, 9.17) is 0 Å². The van der Waals surface area contributed by atoms with E-state index in [1.807, 2.05) is 12.1 Å². The van der Waals surface area contributed by atoms with Crippen LogP contribution >= 0.6 is 0 Å². The molecule has 1 aromatic carbocycles. The SMILES string of the molecule is C=CCCN1C(C)=C(CC)C(c2cccc(C(F)(F)F)c2)C(CC)=C1C. The molecule has 2 rings (SSSR count). The quantitative estimate of drug-likeness (QED) is 0.490. The molecule has 1 aromatic rings. The zero-order valence-corrected chi connectivity index (χ0v) is 16.1. The third kappa shape index (κ3) is 3.89. The summed E-state index contributed by atoms with van der Waals surface area (Å²) in [6.07, 6.45) is 0.0762. The van der Waals surface area contributed by atoms with Crippen LogP contribution in [-0.2, 0) is 6.18 Å². The van der Waals surface area contributed by atoms with Crippen LogP contribution in [-0.4, -0.2) is 11.4 Å². The van der Waals surface area contributed by atoms with Gasteiger partial charge in [-0.2, -0.15) is 13.2 Å². The molecule has 0 unspecified atom stereocenters. The average molecular weight is 363 g/mol. The van der Waals surface area contributed by atoms with E-state index in [0.717, 1.165) is 48.8 Å². The Morgan fingerprint density at radius 1 is 1.08 bits per heavy atom. The second-order valence-corrected chi connectivity index (χ2v) is 6.71. The summed E-state index contributed by atoms with van der Waals surface area (Å²) in [5.41, 5.74) is 4.88. The zero-order valence-electron chi connectivity index (χ0n) is 16.1. The summed E-state index contributed by atoms with van der Waals surface area (Å²) in [5, 5.41) is 0. The molecule has 4 heteroatoms. The van der Waals surface area contributed by atoms with Crippen molar-refractivity contribution in [3.05, 3.63) is 70.6 Å². The maximum atomic E-state index is 13.2. The van der Waals surface area contributed by atoms with E-state index in [2.05, 4.69) is 39.2 Å². The van der Waals surface area contributed by atoms with Crippen molar-refractivity contribution in [1.82, 2.24) is 4.90 Å². The Labute approximate surface area is 154 Å². The van der Waals surface area contributed by atoms with E-state index < -0.39 is 11.7 Å². The van der Waals surface area contributed by atoms with Gasteiger partial charge in [0.15, 0.2) is 0 Å². The number of benzene rings is 1. The summed E-state index contributed by atoms with van der Waals surface area (Å²) in [7, 11) is 0. The summed E-state index contributed by atoms with van der Waals surface area (Å²) in [5.74, 6) is -0.0766. The standard InChI is InChI=1S/C22H28F3N/c1-6-9-13-26-15(4)19(7-2)21(20(8-3)16(26)5)17-11-10-12-18(14-17)22(23,24)25/h6,10-12,14,21H,1,7-9,13H2,2-5H3. The van der Waals surface area contributed by atoms with E-state index in [1.54, 1.807) is 0 Å². The van der Waals surface area contributed by atoms with Gasteiger partial charge in [0.1, 0.15) is 0 Å². The van der Waals surface area contributed by atoms with Crippen LogP contribution in [0.4, 0.5) is 13.2 Å². The van der Waals surface area contributed by atoms with Crippen LogP contribution in [0.3, 0.4) is 0 Å². The molecule has 0 aliphatic carbocycles. The maximum absolute atomic E-state index is 13.2. The van der Waals surface area contributed by atoms with Gasteiger partial charge in [0.05, 0.1) is 5.56 Å². The highest BCUT2D eigenvalue weighted by molar-refractivity contribution is 5.47. The summed E-state index contributed by atoms with van der Waals surface area (Å²) >= 11 is 0. The third-order valence-electron chi connectivity index (χ3n) is 5.30. The highest BCUT2D eigenvalue weighted by Gasteiger charge is 2.34. The van der Waals surface area contributed by atoms with Gasteiger partial charge < -0.3 is 4.90 Å². The fraction of sp³-hybridized carbons (Fsp3) is 0.455. The van der Waals surface area contributed by atoms with Crippen LogP contribution in [0.25, 0.3) is 0 Å². The Hall–Kier alpha value is -1.97. The Kier molecular flexibility index (Phi) is 6.38. The molecule has 0 N–H and O–H groups in total. The molecule has 1 nitrogen and oxygen atoms in total. The molecule has 142 valence electrons. The van der Waals surface area contributed by atoms with Gasteiger partial charge in [-0.3, -0.25) is 0 Å². The minimum Gasteiger partial charge on any atom is -0.349 e. The minimum atomic E-state index is -4.32. The van der Waals surface area contributed by atoms with E-state index in [0.29, 0.717) is 0 Å². The van der Waals surface area contributed by atoms with Crippen molar-refractivity contribution in [1.29, 1.82) is 0 Å². The predicted octanol–water partition coefficient (Wildman–Crippen LogP) is 7.05. The van der Waals surface area contributed by atoms with Crippen LogP contribution in [0.1, 0.15) is 64.0 Å². The molecule has 0 bridgehead atoms. The number of allylic oxidation sites excluding steroid dienone is 4. The Bertz CT molecular complexity index is 697. The Morgan fingerprint density at radius 3 is 2.12 bits per heavy atom. The molecule has 0 atom stereocenters. The molecule has 0 radical (unpaired) electrons. The molecule has 26 heavy (non-hydrogen) atoms. The van der Waals surface area contributed by atoms with Crippen LogP contribution in [0.2, 0.25) is 0 Å². The summed E-state index contributed by atoms with van der Waals surface area (Å²) in [6, 6.07) is 5.81. The lowest BCUT2D eigenvalue weighted by molar-refractivity contribution is -0.137. The molecule has 0 saturated heterocycles. The largest absolute Gasteiger partial charge is 0.416 e. The first-order valence-corrected chi connectivity index (χ1v) is 9.21. The fourth-order valence-corrected chi connectivity index (χ4v) is 4.00. The molecule has 1 heterocycles. The number of hydrogen-bond acceptors (Lipinski definition) is 1. The monoisotopic (exact) mass is 363 g/mol. The summed E-state index contributed by atoms with van der Waals surface area (Å²) < 4.78 is 39.6. The first-order chi connectivity index (χ1) is 12.3. The van der Waals surface area contributed by atoms with E-state index in [-0.39, 0.29) is 5.92 Å². The number of alkyl halides is 3. The maximum Gasteiger partial charge on any atom is 0.416 e. The van der Waals surface area contributed by atoms with Crippen molar-refractivity contribution >= 4 is 0 Å². The van der Waals surface area contributed by atoms with Crippen LogP contribution < -0.4 is 0 Å². The molecular formula is C22H28F3N. The smallest absolute Gasteiger partial charge is 0.349 e. The van der Waals surface area contributed by atoms with Crippen molar-refractivity contribution in [3.63, 3.8) is 0 Å². The molecule has 0 saturated carbocycles. The van der Waals surface area contributed by atoms with Gasteiger partial charge in [0.2, 0.25) is 0 Å². The van der Waals surface area contributed by atoms with Gasteiger partial charge in [0.25, 0.3) is 0 Å². The molecule has 1 aliphatic heterocycles. The Balaban J connectivity index is 2.59. The lowest BCUT2D eigenvalue weighted by Crippen LogP contribution is -2.30. The minimum absolute atomic E-state index is 0.0766. The van der Waals surface area contributed by atoms with E-state index in [9.17, 15) is 13.2 Å². The summed E-state index contributed by atoms with van der Waals surface area (Å²) in [6.45, 7) is 13.0. The van der Waals surface area contributed by atoms with Crippen molar-refractivity contribution in [2.45, 2.75) is 59.1 Å². The van der Waals surface area contributed by atoms with Gasteiger partial charge in [-0.1, -0.05) is 38.1 Å². The van der Waals surface area contributed by atoms with Gasteiger partial charge in [-0.15, -0.1) is 6.58 Å². The highest BCUT2D eigenvalue weighted by Crippen LogP contribution is 2.45. The number of rotatable bonds is 6. The molecule has 1 aliphatic rings. The molecule has 0 fully saturated rings. The number of halogens is 3. The Morgan fingerprint density at radius 2 is 1.65 bits per heavy atom. The second-order valence-electron chi connectivity index (χ2n) is 6.71. The third-order valence-corrected chi connectivity index (χ3v) is 5.30. The van der Waals surface area contributed by atoms with E-state index >= 15 is 0 Å². The molecule has 0 amide bonds.